The van der Waals surface area contributed by atoms with E-state index >= 15 is 0 Å². The van der Waals surface area contributed by atoms with Crippen LogP contribution in [0.15, 0.2) is 39.7 Å². The van der Waals surface area contributed by atoms with E-state index in [9.17, 15) is 0 Å². The predicted molar refractivity (Wildman–Crippen MR) is 58.3 cm³/mol. The number of rotatable bonds is 2. The van der Waals surface area contributed by atoms with Crippen molar-refractivity contribution in [3.63, 3.8) is 0 Å². The summed E-state index contributed by atoms with van der Waals surface area (Å²) in [7, 11) is 0. The normalized spacial score (nSPS) is 16.1. The van der Waals surface area contributed by atoms with Gasteiger partial charge in [0.25, 0.3) is 0 Å². The molecule has 2 heterocycles. The summed E-state index contributed by atoms with van der Waals surface area (Å²) in [6.07, 6.45) is 3.39. The molecule has 5 heteroatoms. The van der Waals surface area contributed by atoms with E-state index in [4.69, 9.17) is 0 Å². The van der Waals surface area contributed by atoms with Crippen molar-refractivity contribution in [1.29, 1.82) is 0 Å². The lowest BCUT2D eigenvalue weighted by Gasteiger charge is -2.12. The van der Waals surface area contributed by atoms with Gasteiger partial charge in [-0.25, -0.2) is 4.99 Å². The molecule has 2 rings (SSSR count). The summed E-state index contributed by atoms with van der Waals surface area (Å²) < 4.78 is 0. The van der Waals surface area contributed by atoms with E-state index in [2.05, 4.69) is 32.0 Å². The number of pyridine rings is 1. The van der Waals surface area contributed by atoms with E-state index in [-0.39, 0.29) is 0 Å². The van der Waals surface area contributed by atoms with Crippen LogP contribution in [-0.4, -0.2) is 35.5 Å². The maximum absolute atomic E-state index is 4.26. The zero-order valence-corrected chi connectivity index (χ0v) is 8.67. The van der Waals surface area contributed by atoms with Crippen LogP contribution >= 0.6 is 0 Å². The minimum atomic E-state index is 0.723. The first kappa shape index (κ1) is 9.76. The summed E-state index contributed by atoms with van der Waals surface area (Å²) >= 11 is 0. The maximum Gasteiger partial charge on any atom is 0.240 e. The molecule has 0 atom stereocenters. The fourth-order valence-corrected chi connectivity index (χ4v) is 1.38. The lowest BCUT2D eigenvalue weighted by Crippen LogP contribution is -2.25. The molecule has 5 nitrogen and oxygen atoms in total. The quantitative estimate of drug-likeness (QED) is 0.689. The molecular formula is C10H13N5. The smallest absolute Gasteiger partial charge is 0.240 e. The van der Waals surface area contributed by atoms with Gasteiger partial charge in [-0.3, -0.25) is 4.98 Å². The van der Waals surface area contributed by atoms with Gasteiger partial charge in [-0.15, -0.1) is 10.2 Å². The SMILES string of the molecule is CCN1CCN=C1N=Nc1cccnc1. The molecule has 1 aromatic rings. The highest BCUT2D eigenvalue weighted by molar-refractivity contribution is 5.82. The molecule has 0 aliphatic carbocycles. The standard InChI is InChI=1S/C10H13N5/c1-2-15-7-6-12-10(15)14-13-9-4-3-5-11-8-9/h3-5,8H,2,6-7H2,1H3. The molecule has 0 spiro atoms. The van der Waals surface area contributed by atoms with Gasteiger partial charge in [0.2, 0.25) is 5.96 Å². The molecular weight excluding hydrogens is 190 g/mol. The lowest BCUT2D eigenvalue weighted by molar-refractivity contribution is 0.477. The van der Waals surface area contributed by atoms with Crippen molar-refractivity contribution < 1.29 is 0 Å². The number of likely N-dealkylation sites (N-methyl/N-ethyl adjacent to an activating group) is 1. The van der Waals surface area contributed by atoms with Crippen LogP contribution in [0.25, 0.3) is 0 Å². The molecule has 0 bridgehead atoms. The van der Waals surface area contributed by atoms with Gasteiger partial charge in [-0.1, -0.05) is 0 Å². The number of guanidine groups is 1. The number of hydrogen-bond acceptors (Lipinski definition) is 5. The Balaban J connectivity index is 2.06. The highest BCUT2D eigenvalue weighted by atomic mass is 15.4. The largest absolute Gasteiger partial charge is 0.338 e. The van der Waals surface area contributed by atoms with E-state index in [0.29, 0.717) is 0 Å². The number of aliphatic imine (C=N–C) groups is 1. The minimum absolute atomic E-state index is 0.723. The summed E-state index contributed by atoms with van der Waals surface area (Å²) in [5.74, 6) is 0.723. The van der Waals surface area contributed by atoms with Crippen molar-refractivity contribution in [3.05, 3.63) is 24.5 Å². The number of hydrogen-bond donors (Lipinski definition) is 0. The second-order valence-corrected chi connectivity index (χ2v) is 3.17. The zero-order chi connectivity index (χ0) is 10.5. The Hall–Kier alpha value is -1.78. The number of azo groups is 1. The summed E-state index contributed by atoms with van der Waals surface area (Å²) in [6.45, 7) is 4.76. The van der Waals surface area contributed by atoms with Crippen molar-refractivity contribution in [2.75, 3.05) is 19.6 Å². The van der Waals surface area contributed by atoms with Gasteiger partial charge in [0.05, 0.1) is 12.7 Å². The Labute approximate surface area is 88.6 Å². The first-order valence-corrected chi connectivity index (χ1v) is 5.01. The zero-order valence-electron chi connectivity index (χ0n) is 8.67. The van der Waals surface area contributed by atoms with E-state index in [1.165, 1.54) is 0 Å². The summed E-state index contributed by atoms with van der Waals surface area (Å²) in [6, 6.07) is 3.70. The molecule has 0 saturated carbocycles. The van der Waals surface area contributed by atoms with Gasteiger partial charge >= 0.3 is 0 Å². The van der Waals surface area contributed by atoms with Crippen LogP contribution in [0.2, 0.25) is 0 Å². The first-order chi connectivity index (χ1) is 7.40. The van der Waals surface area contributed by atoms with E-state index in [0.717, 1.165) is 31.3 Å². The van der Waals surface area contributed by atoms with E-state index < -0.39 is 0 Å². The minimum Gasteiger partial charge on any atom is -0.338 e. The Morgan fingerprint density at radius 3 is 3.13 bits per heavy atom. The Kier molecular flexibility index (Phi) is 3.02. The fourth-order valence-electron chi connectivity index (χ4n) is 1.38. The third-order valence-electron chi connectivity index (χ3n) is 2.19. The second-order valence-electron chi connectivity index (χ2n) is 3.17. The van der Waals surface area contributed by atoms with Crippen LogP contribution in [0.5, 0.6) is 0 Å². The topological polar surface area (TPSA) is 53.2 Å². The lowest BCUT2D eigenvalue weighted by atomic mass is 10.4. The van der Waals surface area contributed by atoms with Gasteiger partial charge in [0, 0.05) is 19.3 Å². The Morgan fingerprint density at radius 2 is 2.40 bits per heavy atom. The highest BCUT2D eigenvalue weighted by Gasteiger charge is 2.13. The molecule has 1 aromatic heterocycles. The average molecular weight is 203 g/mol. The molecule has 78 valence electrons. The Morgan fingerprint density at radius 1 is 1.47 bits per heavy atom. The van der Waals surface area contributed by atoms with Crippen molar-refractivity contribution >= 4 is 11.6 Å². The fraction of sp³-hybridized carbons (Fsp3) is 0.400. The van der Waals surface area contributed by atoms with E-state index in [1.807, 2.05) is 12.1 Å². The molecule has 0 radical (unpaired) electrons. The van der Waals surface area contributed by atoms with Gasteiger partial charge in [-0.2, -0.15) is 0 Å². The average Bonchev–Trinajstić information content (AvgIpc) is 2.75. The number of aromatic nitrogens is 1. The number of nitrogens with zero attached hydrogens (tertiary/aromatic N) is 5. The first-order valence-electron chi connectivity index (χ1n) is 5.01. The van der Waals surface area contributed by atoms with Gasteiger partial charge in [0.1, 0.15) is 5.69 Å². The molecule has 0 N–H and O–H groups in total. The molecule has 0 amide bonds. The van der Waals surface area contributed by atoms with Crippen LogP contribution < -0.4 is 0 Å². The third kappa shape index (κ3) is 2.37. The van der Waals surface area contributed by atoms with Crippen molar-refractivity contribution in [2.45, 2.75) is 6.92 Å². The van der Waals surface area contributed by atoms with Gasteiger partial charge in [-0.05, 0) is 19.1 Å². The Bertz CT molecular complexity index is 371. The van der Waals surface area contributed by atoms with Crippen LogP contribution in [-0.2, 0) is 0 Å². The van der Waals surface area contributed by atoms with Gasteiger partial charge in [0.15, 0.2) is 0 Å². The van der Waals surface area contributed by atoms with E-state index in [1.54, 1.807) is 12.4 Å². The molecule has 0 aromatic carbocycles. The van der Waals surface area contributed by atoms with Crippen LogP contribution in [0.1, 0.15) is 6.92 Å². The van der Waals surface area contributed by atoms with Crippen molar-refractivity contribution in [3.8, 4) is 0 Å². The van der Waals surface area contributed by atoms with Crippen molar-refractivity contribution in [2.24, 2.45) is 15.2 Å². The molecule has 0 unspecified atom stereocenters. The van der Waals surface area contributed by atoms with Crippen molar-refractivity contribution in [1.82, 2.24) is 9.88 Å². The highest BCUT2D eigenvalue weighted by Crippen LogP contribution is 2.10. The second kappa shape index (κ2) is 4.63. The van der Waals surface area contributed by atoms with Crippen LogP contribution in [0, 0.1) is 0 Å². The molecule has 15 heavy (non-hydrogen) atoms. The third-order valence-corrected chi connectivity index (χ3v) is 2.19. The molecule has 0 saturated heterocycles. The van der Waals surface area contributed by atoms with Crippen LogP contribution in [0.3, 0.4) is 0 Å². The molecule has 1 aliphatic rings. The van der Waals surface area contributed by atoms with Crippen LogP contribution in [0.4, 0.5) is 5.69 Å². The maximum atomic E-state index is 4.26. The summed E-state index contributed by atoms with van der Waals surface area (Å²) in [5.41, 5.74) is 0.753. The predicted octanol–water partition coefficient (Wildman–Crippen LogP) is 1.86. The molecule has 0 fully saturated rings. The van der Waals surface area contributed by atoms with Gasteiger partial charge < -0.3 is 4.90 Å². The molecule has 1 aliphatic heterocycles. The summed E-state index contributed by atoms with van der Waals surface area (Å²) in [5, 5.41) is 8.18. The monoisotopic (exact) mass is 203 g/mol. The summed E-state index contributed by atoms with van der Waals surface area (Å²) in [4.78, 5) is 10.3.